The molecule has 2 heterocycles. The van der Waals surface area contributed by atoms with E-state index in [-0.39, 0.29) is 0 Å². The maximum atomic E-state index is 6.17. The molecule has 14 heavy (non-hydrogen) atoms. The van der Waals surface area contributed by atoms with Crippen LogP contribution < -0.4 is 16.4 Å². The first kappa shape index (κ1) is 10.4. The Labute approximate surface area is 86.8 Å². The third-order valence-corrected chi connectivity index (χ3v) is 3.77. The summed E-state index contributed by atoms with van der Waals surface area (Å²) in [6.45, 7) is 4.66. The highest BCUT2D eigenvalue weighted by Crippen LogP contribution is 2.22. The lowest BCUT2D eigenvalue weighted by Gasteiger charge is -2.41. The smallest absolute Gasteiger partial charge is 0.0376 e. The lowest BCUT2D eigenvalue weighted by Crippen LogP contribution is -2.62. The van der Waals surface area contributed by atoms with Crippen molar-refractivity contribution >= 4 is 0 Å². The Morgan fingerprint density at radius 2 is 1.64 bits per heavy atom. The Hall–Kier alpha value is -0.120. The van der Waals surface area contributed by atoms with Gasteiger partial charge in [0, 0.05) is 18.1 Å². The molecule has 2 rings (SSSR count). The van der Waals surface area contributed by atoms with Gasteiger partial charge in [0.15, 0.2) is 0 Å². The van der Waals surface area contributed by atoms with Crippen LogP contribution in [-0.2, 0) is 0 Å². The Morgan fingerprint density at radius 3 is 2.29 bits per heavy atom. The van der Waals surface area contributed by atoms with E-state index >= 15 is 0 Å². The molecule has 2 fully saturated rings. The molecule has 0 spiro atoms. The number of piperidine rings is 2. The van der Waals surface area contributed by atoms with Crippen molar-refractivity contribution in [2.24, 2.45) is 11.7 Å². The number of nitrogens with two attached hydrogens (primary N) is 1. The molecule has 4 unspecified atom stereocenters. The van der Waals surface area contributed by atoms with Crippen molar-refractivity contribution < 1.29 is 0 Å². The highest BCUT2D eigenvalue weighted by molar-refractivity contribution is 4.96. The predicted octanol–water partition coefficient (Wildman–Crippen LogP) is 0.454. The van der Waals surface area contributed by atoms with Crippen LogP contribution in [0.4, 0.5) is 0 Å². The summed E-state index contributed by atoms with van der Waals surface area (Å²) in [5, 5.41) is 7.21. The van der Waals surface area contributed by atoms with Crippen molar-refractivity contribution in [2.75, 3.05) is 13.1 Å². The lowest BCUT2D eigenvalue weighted by molar-refractivity contribution is 0.196. The molecule has 4 atom stereocenters. The zero-order chi connectivity index (χ0) is 9.97. The van der Waals surface area contributed by atoms with Crippen LogP contribution in [0.15, 0.2) is 0 Å². The molecule has 2 aliphatic heterocycles. The van der Waals surface area contributed by atoms with Crippen molar-refractivity contribution in [1.29, 1.82) is 0 Å². The van der Waals surface area contributed by atoms with Gasteiger partial charge in [-0.25, -0.2) is 0 Å². The Bertz CT molecular complexity index is 163. The first-order valence-electron chi connectivity index (χ1n) is 6.01. The standard InChI is InChI=1S/C11H23N3/c1-8-4-2-6-13-10(8)11-9(12)5-3-7-14-11/h8-11,13-14H,2-7,12H2,1H3. The maximum absolute atomic E-state index is 6.17. The topological polar surface area (TPSA) is 50.1 Å². The fraction of sp³-hybridized carbons (Fsp3) is 1.00. The summed E-state index contributed by atoms with van der Waals surface area (Å²) in [4.78, 5) is 0. The third-order valence-electron chi connectivity index (χ3n) is 3.77. The van der Waals surface area contributed by atoms with Crippen LogP contribution in [0.2, 0.25) is 0 Å². The summed E-state index contributed by atoms with van der Waals surface area (Å²) in [5.74, 6) is 0.769. The average molecular weight is 197 g/mol. The van der Waals surface area contributed by atoms with Gasteiger partial charge in [-0.1, -0.05) is 6.92 Å². The van der Waals surface area contributed by atoms with Crippen molar-refractivity contribution in [3.63, 3.8) is 0 Å². The third kappa shape index (κ3) is 2.10. The first-order chi connectivity index (χ1) is 6.79. The molecular formula is C11H23N3. The minimum atomic E-state index is 0.349. The molecule has 0 bridgehead atoms. The van der Waals surface area contributed by atoms with Gasteiger partial charge < -0.3 is 16.4 Å². The average Bonchev–Trinajstić information content (AvgIpc) is 2.20. The van der Waals surface area contributed by atoms with Crippen LogP contribution >= 0.6 is 0 Å². The molecule has 0 radical (unpaired) electrons. The predicted molar refractivity (Wildman–Crippen MR) is 59.2 cm³/mol. The van der Waals surface area contributed by atoms with Crippen LogP contribution in [0.25, 0.3) is 0 Å². The molecule has 4 N–H and O–H groups in total. The second-order valence-corrected chi connectivity index (χ2v) is 4.89. The summed E-state index contributed by atoms with van der Waals surface area (Å²) < 4.78 is 0. The fourth-order valence-corrected chi connectivity index (χ4v) is 2.89. The van der Waals surface area contributed by atoms with Gasteiger partial charge in [-0.15, -0.1) is 0 Å². The van der Waals surface area contributed by atoms with Gasteiger partial charge in [0.2, 0.25) is 0 Å². The number of rotatable bonds is 1. The molecule has 0 aliphatic carbocycles. The minimum Gasteiger partial charge on any atom is -0.326 e. The van der Waals surface area contributed by atoms with E-state index in [1.54, 1.807) is 0 Å². The summed E-state index contributed by atoms with van der Waals surface area (Å²) >= 11 is 0. The maximum Gasteiger partial charge on any atom is 0.0376 e. The van der Waals surface area contributed by atoms with E-state index in [0.29, 0.717) is 18.1 Å². The van der Waals surface area contributed by atoms with Crippen LogP contribution in [0.5, 0.6) is 0 Å². The highest BCUT2D eigenvalue weighted by atomic mass is 15.1. The largest absolute Gasteiger partial charge is 0.326 e. The molecule has 0 aromatic heterocycles. The van der Waals surface area contributed by atoms with Crippen LogP contribution in [0.1, 0.15) is 32.6 Å². The molecule has 2 aliphatic rings. The monoisotopic (exact) mass is 197 g/mol. The van der Waals surface area contributed by atoms with Gasteiger partial charge in [-0.3, -0.25) is 0 Å². The molecule has 3 nitrogen and oxygen atoms in total. The SMILES string of the molecule is CC1CCCNC1C1NCCCC1N. The van der Waals surface area contributed by atoms with Crippen molar-refractivity contribution in [1.82, 2.24) is 10.6 Å². The van der Waals surface area contributed by atoms with E-state index in [2.05, 4.69) is 17.6 Å². The van der Waals surface area contributed by atoms with E-state index in [1.807, 2.05) is 0 Å². The molecular weight excluding hydrogens is 174 g/mol. The Balaban J connectivity index is 1.96. The molecule has 0 saturated carbocycles. The molecule has 3 heteroatoms. The lowest BCUT2D eigenvalue weighted by atomic mass is 9.82. The van der Waals surface area contributed by atoms with Crippen LogP contribution in [-0.4, -0.2) is 31.2 Å². The van der Waals surface area contributed by atoms with E-state index in [9.17, 15) is 0 Å². The molecule has 0 aromatic carbocycles. The van der Waals surface area contributed by atoms with Gasteiger partial charge >= 0.3 is 0 Å². The summed E-state index contributed by atoms with van der Waals surface area (Å²) in [5.41, 5.74) is 6.17. The van der Waals surface area contributed by atoms with E-state index < -0.39 is 0 Å². The van der Waals surface area contributed by atoms with E-state index in [4.69, 9.17) is 5.73 Å². The quantitative estimate of drug-likeness (QED) is 0.572. The normalized spacial score (nSPS) is 45.0. The summed E-state index contributed by atoms with van der Waals surface area (Å²) in [6, 6.07) is 1.44. The number of hydrogen-bond acceptors (Lipinski definition) is 3. The highest BCUT2D eigenvalue weighted by Gasteiger charge is 2.33. The Morgan fingerprint density at radius 1 is 1.00 bits per heavy atom. The van der Waals surface area contributed by atoms with Gasteiger partial charge in [-0.05, 0) is 44.7 Å². The second-order valence-electron chi connectivity index (χ2n) is 4.89. The number of nitrogens with one attached hydrogen (secondary N) is 2. The Kier molecular flexibility index (Phi) is 3.42. The molecule has 2 saturated heterocycles. The van der Waals surface area contributed by atoms with E-state index in [0.717, 1.165) is 12.5 Å². The first-order valence-corrected chi connectivity index (χ1v) is 6.01. The van der Waals surface area contributed by atoms with Gasteiger partial charge in [0.1, 0.15) is 0 Å². The summed E-state index contributed by atoms with van der Waals surface area (Å²) in [6.07, 6.45) is 5.09. The molecule has 0 amide bonds. The molecule has 82 valence electrons. The zero-order valence-corrected chi connectivity index (χ0v) is 9.13. The minimum absolute atomic E-state index is 0.349. The van der Waals surface area contributed by atoms with Crippen molar-refractivity contribution in [3.8, 4) is 0 Å². The van der Waals surface area contributed by atoms with E-state index in [1.165, 1.54) is 32.2 Å². The zero-order valence-electron chi connectivity index (χ0n) is 9.13. The van der Waals surface area contributed by atoms with Gasteiger partial charge in [-0.2, -0.15) is 0 Å². The van der Waals surface area contributed by atoms with Crippen LogP contribution in [0, 0.1) is 5.92 Å². The fourth-order valence-electron chi connectivity index (χ4n) is 2.89. The second kappa shape index (κ2) is 4.60. The van der Waals surface area contributed by atoms with Crippen LogP contribution in [0.3, 0.4) is 0 Å². The molecule has 0 aromatic rings. The summed E-state index contributed by atoms with van der Waals surface area (Å²) in [7, 11) is 0. The number of hydrogen-bond donors (Lipinski definition) is 3. The van der Waals surface area contributed by atoms with Crippen molar-refractivity contribution in [2.45, 2.75) is 50.7 Å². The van der Waals surface area contributed by atoms with Gasteiger partial charge in [0.05, 0.1) is 0 Å². The van der Waals surface area contributed by atoms with Crippen molar-refractivity contribution in [3.05, 3.63) is 0 Å². The van der Waals surface area contributed by atoms with Gasteiger partial charge in [0.25, 0.3) is 0 Å².